The van der Waals surface area contributed by atoms with E-state index < -0.39 is 24.5 Å². The van der Waals surface area contributed by atoms with Gasteiger partial charge in [-0.3, -0.25) is 4.79 Å². The molecule has 0 spiro atoms. The van der Waals surface area contributed by atoms with E-state index in [0.29, 0.717) is 5.56 Å². The number of benzene rings is 1. The Morgan fingerprint density at radius 3 is 2.11 bits per heavy atom. The summed E-state index contributed by atoms with van der Waals surface area (Å²) in [7, 11) is 0. The van der Waals surface area contributed by atoms with Crippen molar-refractivity contribution >= 4 is 11.9 Å². The van der Waals surface area contributed by atoms with Gasteiger partial charge in [0.05, 0.1) is 6.61 Å². The van der Waals surface area contributed by atoms with Gasteiger partial charge in [-0.15, -0.1) is 0 Å². The molecule has 0 unspecified atom stereocenters. The molecule has 0 bridgehead atoms. The van der Waals surface area contributed by atoms with Crippen molar-refractivity contribution in [1.29, 1.82) is 0 Å². The zero-order chi connectivity index (χ0) is 13.9. The summed E-state index contributed by atoms with van der Waals surface area (Å²) in [6, 6.07) is 2.44. The highest BCUT2D eigenvalue weighted by atomic mass is 16.4. The molecule has 5 heteroatoms. The van der Waals surface area contributed by atoms with E-state index in [2.05, 4.69) is 5.32 Å². The van der Waals surface area contributed by atoms with Crippen LogP contribution in [0.1, 0.15) is 27.0 Å². The average Bonchev–Trinajstić information content (AvgIpc) is 2.23. The fourth-order valence-electron chi connectivity index (χ4n) is 1.95. The number of aliphatic hydroxyl groups is 1. The van der Waals surface area contributed by atoms with Crippen LogP contribution in [0, 0.1) is 20.8 Å². The van der Waals surface area contributed by atoms with Crippen LogP contribution in [0.2, 0.25) is 0 Å². The summed E-state index contributed by atoms with van der Waals surface area (Å²) in [6.45, 7) is 4.88. The lowest BCUT2D eigenvalue weighted by molar-refractivity contribution is -0.140. The molecule has 0 aliphatic carbocycles. The maximum absolute atomic E-state index is 12.0. The number of aliphatic hydroxyl groups excluding tert-OH is 1. The number of amides is 1. The first-order valence-corrected chi connectivity index (χ1v) is 5.59. The molecule has 5 nitrogen and oxygen atoms in total. The van der Waals surface area contributed by atoms with Gasteiger partial charge in [0.15, 0.2) is 6.04 Å². The number of hydrogen-bond acceptors (Lipinski definition) is 3. The normalized spacial score (nSPS) is 12.0. The van der Waals surface area contributed by atoms with Crippen molar-refractivity contribution in [2.45, 2.75) is 26.8 Å². The van der Waals surface area contributed by atoms with Gasteiger partial charge < -0.3 is 15.5 Å². The van der Waals surface area contributed by atoms with Crippen molar-refractivity contribution in [3.05, 3.63) is 34.4 Å². The Kier molecular flexibility index (Phi) is 4.44. The maximum Gasteiger partial charge on any atom is 0.328 e. The van der Waals surface area contributed by atoms with Crippen LogP contribution >= 0.6 is 0 Å². The van der Waals surface area contributed by atoms with E-state index in [1.807, 2.05) is 19.1 Å². The lowest BCUT2D eigenvalue weighted by Gasteiger charge is -2.15. The summed E-state index contributed by atoms with van der Waals surface area (Å²) < 4.78 is 0. The monoisotopic (exact) mass is 251 g/mol. The smallest absolute Gasteiger partial charge is 0.328 e. The van der Waals surface area contributed by atoms with Gasteiger partial charge in [-0.1, -0.05) is 17.7 Å². The summed E-state index contributed by atoms with van der Waals surface area (Å²) in [5.41, 5.74) is 3.07. The molecule has 0 fully saturated rings. The second-order valence-corrected chi connectivity index (χ2v) is 4.32. The van der Waals surface area contributed by atoms with E-state index in [4.69, 9.17) is 10.2 Å². The first-order valence-electron chi connectivity index (χ1n) is 5.59. The second-order valence-electron chi connectivity index (χ2n) is 4.32. The molecule has 18 heavy (non-hydrogen) atoms. The third kappa shape index (κ3) is 3.07. The highest BCUT2D eigenvalue weighted by molar-refractivity contribution is 5.99. The Morgan fingerprint density at radius 2 is 1.72 bits per heavy atom. The molecule has 0 aromatic heterocycles. The molecule has 0 saturated heterocycles. The van der Waals surface area contributed by atoms with Crippen LogP contribution in [-0.4, -0.2) is 34.7 Å². The van der Waals surface area contributed by atoms with E-state index >= 15 is 0 Å². The summed E-state index contributed by atoms with van der Waals surface area (Å²) in [5, 5.41) is 20.0. The van der Waals surface area contributed by atoms with Crippen molar-refractivity contribution in [1.82, 2.24) is 5.32 Å². The molecule has 1 amide bonds. The third-order valence-electron chi connectivity index (χ3n) is 2.69. The van der Waals surface area contributed by atoms with Gasteiger partial charge >= 0.3 is 5.97 Å². The number of aryl methyl sites for hydroxylation is 3. The van der Waals surface area contributed by atoms with E-state index in [9.17, 15) is 9.59 Å². The minimum Gasteiger partial charge on any atom is -0.480 e. The molecule has 1 aromatic carbocycles. The Balaban J connectivity index is 3.01. The molecule has 1 rings (SSSR count). The number of carboxylic acid groups (broad SMARTS) is 1. The topological polar surface area (TPSA) is 86.6 Å². The Bertz CT molecular complexity index is 459. The van der Waals surface area contributed by atoms with Gasteiger partial charge in [0.2, 0.25) is 0 Å². The van der Waals surface area contributed by atoms with E-state index in [1.54, 1.807) is 13.8 Å². The summed E-state index contributed by atoms with van der Waals surface area (Å²) in [4.78, 5) is 22.7. The zero-order valence-electron chi connectivity index (χ0n) is 10.7. The van der Waals surface area contributed by atoms with E-state index in [-0.39, 0.29) is 0 Å². The molecule has 1 atom stereocenters. The molecule has 98 valence electrons. The van der Waals surface area contributed by atoms with Crippen molar-refractivity contribution < 1.29 is 19.8 Å². The summed E-state index contributed by atoms with van der Waals surface area (Å²) in [5.74, 6) is -1.74. The summed E-state index contributed by atoms with van der Waals surface area (Å²) >= 11 is 0. The standard InChI is InChI=1S/C13H17NO4/c1-7-4-8(2)11(9(3)5-7)12(16)14-10(6-15)13(17)18/h4-5,10,15H,6H2,1-3H3,(H,14,16)(H,17,18)/t10-/m1/s1. The number of carboxylic acids is 1. The predicted octanol–water partition coefficient (Wildman–Crippen LogP) is 0.787. The average molecular weight is 251 g/mol. The van der Waals surface area contributed by atoms with Crippen LogP contribution in [0.5, 0.6) is 0 Å². The first kappa shape index (κ1) is 14.2. The number of carbonyl (C=O) groups excluding carboxylic acids is 1. The van der Waals surface area contributed by atoms with Gasteiger partial charge in [-0.2, -0.15) is 0 Å². The number of hydrogen-bond donors (Lipinski definition) is 3. The number of aliphatic carboxylic acids is 1. The fourth-order valence-corrected chi connectivity index (χ4v) is 1.95. The molecule has 0 aliphatic heterocycles. The highest BCUT2D eigenvalue weighted by Gasteiger charge is 2.21. The largest absolute Gasteiger partial charge is 0.480 e. The SMILES string of the molecule is Cc1cc(C)c(C(=O)N[C@H](CO)C(=O)O)c(C)c1. The van der Waals surface area contributed by atoms with Crippen molar-refractivity contribution in [3.8, 4) is 0 Å². The Hall–Kier alpha value is -1.88. The molecule has 1 aromatic rings. The molecular weight excluding hydrogens is 234 g/mol. The van der Waals surface area contributed by atoms with E-state index in [1.165, 1.54) is 0 Å². The third-order valence-corrected chi connectivity index (χ3v) is 2.69. The quantitative estimate of drug-likeness (QED) is 0.738. The molecule has 3 N–H and O–H groups in total. The molecule has 0 radical (unpaired) electrons. The lowest BCUT2D eigenvalue weighted by Crippen LogP contribution is -2.43. The summed E-state index contributed by atoms with van der Waals surface area (Å²) in [6.07, 6.45) is 0. The van der Waals surface area contributed by atoms with Crippen LogP contribution < -0.4 is 5.32 Å². The highest BCUT2D eigenvalue weighted by Crippen LogP contribution is 2.16. The van der Waals surface area contributed by atoms with Gasteiger partial charge in [0, 0.05) is 5.56 Å². The van der Waals surface area contributed by atoms with Crippen LogP contribution in [0.25, 0.3) is 0 Å². The molecular formula is C13H17NO4. The molecule has 0 heterocycles. The van der Waals surface area contributed by atoms with Crippen molar-refractivity contribution in [2.24, 2.45) is 0 Å². The van der Waals surface area contributed by atoms with Gasteiger partial charge in [-0.05, 0) is 31.9 Å². The van der Waals surface area contributed by atoms with Gasteiger partial charge in [0.1, 0.15) is 0 Å². The van der Waals surface area contributed by atoms with Crippen molar-refractivity contribution in [2.75, 3.05) is 6.61 Å². The van der Waals surface area contributed by atoms with E-state index in [0.717, 1.165) is 16.7 Å². The number of rotatable bonds is 4. The zero-order valence-corrected chi connectivity index (χ0v) is 10.7. The van der Waals surface area contributed by atoms with Crippen LogP contribution in [0.3, 0.4) is 0 Å². The molecule has 0 saturated carbocycles. The Labute approximate surface area is 105 Å². The number of carbonyl (C=O) groups is 2. The predicted molar refractivity (Wildman–Crippen MR) is 66.6 cm³/mol. The van der Waals surface area contributed by atoms with Crippen LogP contribution in [-0.2, 0) is 4.79 Å². The maximum atomic E-state index is 12.0. The Morgan fingerprint density at radius 1 is 1.22 bits per heavy atom. The minimum atomic E-state index is -1.28. The van der Waals surface area contributed by atoms with Gasteiger partial charge in [0.25, 0.3) is 5.91 Å². The van der Waals surface area contributed by atoms with Crippen LogP contribution in [0.15, 0.2) is 12.1 Å². The van der Waals surface area contributed by atoms with Crippen molar-refractivity contribution in [3.63, 3.8) is 0 Å². The van der Waals surface area contributed by atoms with Gasteiger partial charge in [-0.25, -0.2) is 4.79 Å². The first-order chi connectivity index (χ1) is 8.36. The second kappa shape index (κ2) is 5.64. The van der Waals surface area contributed by atoms with Crippen LogP contribution in [0.4, 0.5) is 0 Å². The lowest BCUT2D eigenvalue weighted by atomic mass is 9.99. The fraction of sp³-hybridized carbons (Fsp3) is 0.385. The number of nitrogens with one attached hydrogen (secondary N) is 1. The molecule has 0 aliphatic rings. The minimum absolute atomic E-state index is 0.459.